The van der Waals surface area contributed by atoms with Gasteiger partial charge in [-0.15, -0.1) is 0 Å². The molecule has 2 aromatic heterocycles. The first-order chi connectivity index (χ1) is 12.6. The van der Waals surface area contributed by atoms with Crippen molar-refractivity contribution in [2.75, 3.05) is 18.0 Å². The number of rotatable bonds is 4. The van der Waals surface area contributed by atoms with Crippen LogP contribution in [0.3, 0.4) is 0 Å². The van der Waals surface area contributed by atoms with Gasteiger partial charge in [-0.2, -0.15) is 0 Å². The molecule has 0 saturated carbocycles. The van der Waals surface area contributed by atoms with Gasteiger partial charge in [0.15, 0.2) is 5.58 Å². The number of fused-ring (bicyclic) bond motifs is 2. The van der Waals surface area contributed by atoms with Gasteiger partial charge in [0.2, 0.25) is 5.89 Å². The van der Waals surface area contributed by atoms with E-state index in [1.807, 2.05) is 30.9 Å². The minimum absolute atomic E-state index is 0.100. The number of anilines is 1. The van der Waals surface area contributed by atoms with E-state index in [1.54, 1.807) is 18.2 Å². The van der Waals surface area contributed by atoms with E-state index in [9.17, 15) is 9.18 Å². The smallest absolute Gasteiger partial charge is 0.349 e. The Balaban J connectivity index is 1.90. The molecule has 2 aromatic carbocycles. The van der Waals surface area contributed by atoms with Crippen molar-refractivity contribution in [1.82, 2.24) is 4.98 Å². The highest BCUT2D eigenvalue weighted by Gasteiger charge is 2.17. The number of nitrogens with zero attached hydrogens (tertiary/aromatic N) is 2. The fourth-order valence-corrected chi connectivity index (χ4v) is 3.07. The lowest BCUT2D eigenvalue weighted by Gasteiger charge is -2.21. The van der Waals surface area contributed by atoms with Gasteiger partial charge in [-0.25, -0.2) is 14.2 Å². The minimum atomic E-state index is -0.611. The molecule has 0 fully saturated rings. The molecule has 0 amide bonds. The van der Waals surface area contributed by atoms with E-state index in [0.717, 1.165) is 13.1 Å². The van der Waals surface area contributed by atoms with Crippen LogP contribution in [0.4, 0.5) is 10.1 Å². The van der Waals surface area contributed by atoms with E-state index in [-0.39, 0.29) is 22.4 Å². The molecule has 5 nitrogen and oxygen atoms in total. The van der Waals surface area contributed by atoms with Crippen LogP contribution < -0.4 is 10.5 Å². The zero-order valence-electron chi connectivity index (χ0n) is 14.5. The van der Waals surface area contributed by atoms with Crippen LogP contribution in [0.25, 0.3) is 33.5 Å². The molecule has 132 valence electrons. The average Bonchev–Trinajstić information content (AvgIpc) is 3.06. The van der Waals surface area contributed by atoms with E-state index in [2.05, 4.69) is 4.98 Å². The maximum absolute atomic E-state index is 14.7. The molecule has 0 aliphatic rings. The molecule has 0 unspecified atom stereocenters. The zero-order valence-corrected chi connectivity index (χ0v) is 14.5. The molecular formula is C20H17FN2O3. The topological polar surface area (TPSA) is 59.5 Å². The lowest BCUT2D eigenvalue weighted by molar-refractivity contribution is 0.549. The van der Waals surface area contributed by atoms with Crippen molar-refractivity contribution in [3.63, 3.8) is 0 Å². The van der Waals surface area contributed by atoms with Crippen LogP contribution in [-0.2, 0) is 0 Å². The summed E-state index contributed by atoms with van der Waals surface area (Å²) in [5.41, 5.74) is 1.55. The highest BCUT2D eigenvalue weighted by atomic mass is 19.1. The standard InChI is InChI=1S/C20H17FN2O3/c1-3-23(4-2)12-9-15(21)13-11-14(20(24)26-18(13)10-12)19-22-16-7-5-6-8-17(16)25-19/h5-11H,3-4H2,1-2H3. The quantitative estimate of drug-likeness (QED) is 0.503. The number of benzene rings is 2. The Morgan fingerprint density at radius 3 is 2.54 bits per heavy atom. The van der Waals surface area contributed by atoms with Crippen molar-refractivity contribution in [3.8, 4) is 11.5 Å². The number of hydrogen-bond acceptors (Lipinski definition) is 5. The van der Waals surface area contributed by atoms with E-state index in [1.165, 1.54) is 12.1 Å². The highest BCUT2D eigenvalue weighted by Crippen LogP contribution is 2.29. The normalized spacial score (nSPS) is 11.3. The minimum Gasteiger partial charge on any atom is -0.436 e. The van der Waals surface area contributed by atoms with E-state index in [0.29, 0.717) is 16.8 Å². The summed E-state index contributed by atoms with van der Waals surface area (Å²) in [6.45, 7) is 5.43. The monoisotopic (exact) mass is 352 g/mol. The van der Waals surface area contributed by atoms with Gasteiger partial charge < -0.3 is 13.7 Å². The lowest BCUT2D eigenvalue weighted by atomic mass is 10.1. The molecule has 0 radical (unpaired) electrons. The van der Waals surface area contributed by atoms with Gasteiger partial charge in [-0.1, -0.05) is 12.1 Å². The van der Waals surface area contributed by atoms with Crippen molar-refractivity contribution in [1.29, 1.82) is 0 Å². The Kier molecular flexibility index (Phi) is 3.95. The molecule has 2 heterocycles. The molecule has 0 aliphatic heterocycles. The van der Waals surface area contributed by atoms with Gasteiger partial charge in [0.1, 0.15) is 22.5 Å². The lowest BCUT2D eigenvalue weighted by Crippen LogP contribution is -2.21. The van der Waals surface area contributed by atoms with Crippen LogP contribution in [0.5, 0.6) is 0 Å². The van der Waals surface area contributed by atoms with Gasteiger partial charge in [0.25, 0.3) is 0 Å². The van der Waals surface area contributed by atoms with Gasteiger partial charge in [-0.3, -0.25) is 0 Å². The number of oxazole rings is 1. The number of aromatic nitrogens is 1. The average molecular weight is 352 g/mol. The first-order valence-electron chi connectivity index (χ1n) is 8.49. The van der Waals surface area contributed by atoms with Crippen LogP contribution >= 0.6 is 0 Å². The number of hydrogen-bond donors (Lipinski definition) is 0. The third-order valence-electron chi connectivity index (χ3n) is 4.44. The summed E-state index contributed by atoms with van der Waals surface area (Å²) in [7, 11) is 0. The molecule has 4 rings (SSSR count). The van der Waals surface area contributed by atoms with E-state index in [4.69, 9.17) is 8.83 Å². The Labute approximate surface area is 148 Å². The summed E-state index contributed by atoms with van der Waals surface area (Å²) in [5, 5.41) is 0.220. The summed E-state index contributed by atoms with van der Waals surface area (Å²) in [6.07, 6.45) is 0. The van der Waals surface area contributed by atoms with Crippen LogP contribution in [-0.4, -0.2) is 18.1 Å². The van der Waals surface area contributed by atoms with E-state index < -0.39 is 11.4 Å². The SMILES string of the molecule is CCN(CC)c1cc(F)c2cc(-c3nc4ccccc4o3)c(=O)oc2c1. The predicted octanol–water partition coefficient (Wildman–Crippen LogP) is 4.59. The highest BCUT2D eigenvalue weighted by molar-refractivity contribution is 5.85. The Hall–Kier alpha value is -3.15. The summed E-state index contributed by atoms with van der Waals surface area (Å²) < 4.78 is 25.7. The largest absolute Gasteiger partial charge is 0.436 e. The molecule has 0 N–H and O–H groups in total. The molecular weight excluding hydrogens is 335 g/mol. The molecule has 0 atom stereocenters. The van der Waals surface area contributed by atoms with Crippen molar-refractivity contribution < 1.29 is 13.2 Å². The van der Waals surface area contributed by atoms with Crippen LogP contribution in [0.1, 0.15) is 13.8 Å². The van der Waals surface area contributed by atoms with E-state index >= 15 is 0 Å². The predicted molar refractivity (Wildman–Crippen MR) is 99.0 cm³/mol. The second-order valence-corrected chi connectivity index (χ2v) is 5.95. The Bertz CT molecular complexity index is 1130. The van der Waals surface area contributed by atoms with Crippen LogP contribution in [0, 0.1) is 5.82 Å². The summed E-state index contributed by atoms with van der Waals surface area (Å²) in [6, 6.07) is 11.7. The fraction of sp³-hybridized carbons (Fsp3) is 0.200. The molecule has 0 saturated heterocycles. The summed E-state index contributed by atoms with van der Waals surface area (Å²) in [4.78, 5) is 18.7. The fourth-order valence-electron chi connectivity index (χ4n) is 3.07. The van der Waals surface area contributed by atoms with Gasteiger partial charge in [0, 0.05) is 24.8 Å². The van der Waals surface area contributed by atoms with Gasteiger partial charge in [0.05, 0.1) is 5.39 Å². The first-order valence-corrected chi connectivity index (χ1v) is 8.49. The van der Waals surface area contributed by atoms with Gasteiger partial charge >= 0.3 is 5.63 Å². The molecule has 6 heteroatoms. The third-order valence-corrected chi connectivity index (χ3v) is 4.44. The van der Waals surface area contributed by atoms with Crippen molar-refractivity contribution >= 4 is 27.8 Å². The second-order valence-electron chi connectivity index (χ2n) is 5.95. The Morgan fingerprint density at radius 2 is 1.81 bits per heavy atom. The molecule has 0 aliphatic carbocycles. The van der Waals surface area contributed by atoms with Crippen molar-refractivity contribution in [3.05, 3.63) is 58.7 Å². The first kappa shape index (κ1) is 16.3. The maximum Gasteiger partial charge on any atom is 0.349 e. The number of halogens is 1. The van der Waals surface area contributed by atoms with Crippen LogP contribution in [0.2, 0.25) is 0 Å². The van der Waals surface area contributed by atoms with Crippen molar-refractivity contribution in [2.45, 2.75) is 13.8 Å². The Morgan fingerprint density at radius 1 is 1.04 bits per heavy atom. The van der Waals surface area contributed by atoms with Crippen LogP contribution in [0.15, 0.2) is 56.1 Å². The summed E-state index contributed by atoms with van der Waals surface area (Å²) in [5.74, 6) is -0.334. The number of para-hydroxylation sites is 2. The molecule has 0 spiro atoms. The molecule has 0 bridgehead atoms. The maximum atomic E-state index is 14.7. The summed E-state index contributed by atoms with van der Waals surface area (Å²) >= 11 is 0. The van der Waals surface area contributed by atoms with Gasteiger partial charge in [-0.05, 0) is 38.1 Å². The van der Waals surface area contributed by atoms with Crippen molar-refractivity contribution in [2.24, 2.45) is 0 Å². The second kappa shape index (κ2) is 6.29. The third kappa shape index (κ3) is 2.63. The zero-order chi connectivity index (χ0) is 18.3. The molecule has 26 heavy (non-hydrogen) atoms. The molecule has 4 aromatic rings.